The lowest BCUT2D eigenvalue weighted by atomic mass is 9.96. The molecule has 7 heteroatoms. The fraction of sp³-hybridized carbons (Fsp3) is 0.440. The zero-order chi connectivity index (χ0) is 22.3. The van der Waals surface area contributed by atoms with Gasteiger partial charge in [-0.2, -0.15) is 0 Å². The van der Waals surface area contributed by atoms with Gasteiger partial charge in [-0.25, -0.2) is 0 Å². The monoisotopic (exact) mass is 455 g/mol. The van der Waals surface area contributed by atoms with Gasteiger partial charge in [0.05, 0.1) is 19.1 Å². The number of hydrogen-bond donors (Lipinski definition) is 1. The van der Waals surface area contributed by atoms with Gasteiger partial charge in [-0.3, -0.25) is 14.5 Å². The number of likely N-dealkylation sites (tertiary alicyclic amines) is 1. The highest BCUT2D eigenvalue weighted by Gasteiger charge is 2.29. The molecule has 1 unspecified atom stereocenters. The Morgan fingerprint density at radius 1 is 1.00 bits per heavy atom. The van der Waals surface area contributed by atoms with E-state index in [0.717, 1.165) is 51.3 Å². The molecule has 2 saturated heterocycles. The smallest absolute Gasteiger partial charge is 0.253 e. The molecule has 0 saturated carbocycles. The highest BCUT2D eigenvalue weighted by atomic mass is 35.5. The standard InChI is InChI=1S/C25H30ClN3O3/c26-23-9-7-19(8-10-23)25(31)29-11-3-6-22(18-29)24(30)27-16-20-4-1-2-5-21(20)17-28-12-14-32-15-13-28/h1-2,4-5,7-10,22H,3,6,11-18H2,(H,27,30). The number of nitrogens with zero attached hydrogens (tertiary/aromatic N) is 2. The number of halogens is 1. The molecule has 0 bridgehead atoms. The molecule has 2 aliphatic rings. The Morgan fingerprint density at radius 3 is 2.47 bits per heavy atom. The van der Waals surface area contributed by atoms with Crippen LogP contribution in [0.15, 0.2) is 48.5 Å². The van der Waals surface area contributed by atoms with Crippen LogP contribution < -0.4 is 5.32 Å². The van der Waals surface area contributed by atoms with E-state index in [-0.39, 0.29) is 17.7 Å². The van der Waals surface area contributed by atoms with Gasteiger partial charge in [0.25, 0.3) is 5.91 Å². The molecule has 4 rings (SSSR count). The number of ether oxygens (including phenoxy) is 1. The number of piperidine rings is 1. The molecule has 6 nitrogen and oxygen atoms in total. The summed E-state index contributed by atoms with van der Waals surface area (Å²) >= 11 is 5.93. The third-order valence-electron chi connectivity index (χ3n) is 6.24. The lowest BCUT2D eigenvalue weighted by Crippen LogP contribution is -2.45. The second kappa shape index (κ2) is 10.9. The summed E-state index contributed by atoms with van der Waals surface area (Å²) in [4.78, 5) is 29.9. The van der Waals surface area contributed by atoms with Gasteiger partial charge in [-0.15, -0.1) is 0 Å². The molecular formula is C25H30ClN3O3. The van der Waals surface area contributed by atoms with Gasteiger partial charge in [0.15, 0.2) is 0 Å². The second-order valence-electron chi connectivity index (χ2n) is 8.47. The first kappa shape index (κ1) is 22.8. The Labute approximate surface area is 194 Å². The van der Waals surface area contributed by atoms with Crippen molar-refractivity contribution in [2.75, 3.05) is 39.4 Å². The van der Waals surface area contributed by atoms with Gasteiger partial charge in [-0.1, -0.05) is 35.9 Å². The summed E-state index contributed by atoms with van der Waals surface area (Å²) in [5.74, 6) is -0.221. The molecule has 2 heterocycles. The molecule has 2 aromatic carbocycles. The van der Waals surface area contributed by atoms with Crippen LogP contribution in [0, 0.1) is 5.92 Å². The van der Waals surface area contributed by atoms with E-state index in [1.807, 2.05) is 12.1 Å². The van der Waals surface area contributed by atoms with E-state index in [2.05, 4.69) is 22.3 Å². The summed E-state index contributed by atoms with van der Waals surface area (Å²) in [6, 6.07) is 15.2. The molecule has 170 valence electrons. The Morgan fingerprint density at radius 2 is 1.72 bits per heavy atom. The predicted octanol–water partition coefficient (Wildman–Crippen LogP) is 3.34. The molecule has 0 radical (unpaired) electrons. The van der Waals surface area contributed by atoms with Crippen LogP contribution in [0.2, 0.25) is 5.02 Å². The fourth-order valence-electron chi connectivity index (χ4n) is 4.36. The lowest BCUT2D eigenvalue weighted by Gasteiger charge is -2.32. The average molecular weight is 456 g/mol. The zero-order valence-corrected chi connectivity index (χ0v) is 19.0. The van der Waals surface area contributed by atoms with Crippen molar-refractivity contribution in [3.05, 3.63) is 70.2 Å². The molecule has 1 N–H and O–H groups in total. The van der Waals surface area contributed by atoms with Crippen molar-refractivity contribution < 1.29 is 14.3 Å². The first-order valence-electron chi connectivity index (χ1n) is 11.3. The first-order chi connectivity index (χ1) is 15.6. The second-order valence-corrected chi connectivity index (χ2v) is 8.91. The summed E-state index contributed by atoms with van der Waals surface area (Å²) in [6.45, 7) is 5.89. The minimum atomic E-state index is -0.189. The van der Waals surface area contributed by atoms with Crippen LogP contribution in [0.25, 0.3) is 0 Å². The number of nitrogens with one attached hydrogen (secondary N) is 1. The highest BCUT2D eigenvalue weighted by molar-refractivity contribution is 6.30. The van der Waals surface area contributed by atoms with Crippen molar-refractivity contribution in [1.29, 1.82) is 0 Å². The molecule has 0 aromatic heterocycles. The molecule has 0 spiro atoms. The molecule has 2 amide bonds. The predicted molar refractivity (Wildman–Crippen MR) is 124 cm³/mol. The Balaban J connectivity index is 1.33. The van der Waals surface area contributed by atoms with E-state index in [9.17, 15) is 9.59 Å². The Bertz CT molecular complexity index is 928. The van der Waals surface area contributed by atoms with Gasteiger partial charge < -0.3 is 15.0 Å². The van der Waals surface area contributed by atoms with Crippen LogP contribution in [-0.4, -0.2) is 61.0 Å². The number of hydrogen-bond acceptors (Lipinski definition) is 4. The molecule has 1 atom stereocenters. The largest absolute Gasteiger partial charge is 0.379 e. The average Bonchev–Trinajstić information content (AvgIpc) is 2.84. The Hall–Kier alpha value is -2.41. The molecule has 2 aromatic rings. The van der Waals surface area contributed by atoms with E-state index in [1.165, 1.54) is 5.56 Å². The SMILES string of the molecule is O=C(NCc1ccccc1CN1CCOCC1)C1CCCN(C(=O)c2ccc(Cl)cc2)C1. The zero-order valence-electron chi connectivity index (χ0n) is 18.3. The fourth-order valence-corrected chi connectivity index (χ4v) is 4.49. The van der Waals surface area contributed by atoms with Gasteiger partial charge in [-0.05, 0) is 48.2 Å². The van der Waals surface area contributed by atoms with Crippen molar-refractivity contribution >= 4 is 23.4 Å². The Kier molecular flexibility index (Phi) is 7.79. The number of amides is 2. The van der Waals surface area contributed by atoms with Crippen LogP contribution in [0.4, 0.5) is 0 Å². The van der Waals surface area contributed by atoms with Crippen LogP contribution in [0.3, 0.4) is 0 Å². The van der Waals surface area contributed by atoms with Crippen LogP contribution in [-0.2, 0) is 22.6 Å². The summed E-state index contributed by atoms with van der Waals surface area (Å²) in [5.41, 5.74) is 2.97. The molecule has 32 heavy (non-hydrogen) atoms. The van der Waals surface area contributed by atoms with E-state index in [0.29, 0.717) is 30.2 Å². The maximum absolute atomic E-state index is 12.9. The van der Waals surface area contributed by atoms with Crippen molar-refractivity contribution in [3.63, 3.8) is 0 Å². The minimum absolute atomic E-state index is 0.0137. The maximum Gasteiger partial charge on any atom is 0.253 e. The third kappa shape index (κ3) is 5.88. The maximum atomic E-state index is 12.9. The lowest BCUT2D eigenvalue weighted by molar-refractivity contribution is -0.126. The van der Waals surface area contributed by atoms with E-state index in [4.69, 9.17) is 16.3 Å². The molecule has 2 fully saturated rings. The van der Waals surface area contributed by atoms with Crippen molar-refractivity contribution in [3.8, 4) is 0 Å². The number of carbonyl (C=O) groups excluding carboxylic acids is 2. The third-order valence-corrected chi connectivity index (χ3v) is 6.49. The van der Waals surface area contributed by atoms with E-state index in [1.54, 1.807) is 29.2 Å². The number of benzene rings is 2. The summed E-state index contributed by atoms with van der Waals surface area (Å²) < 4.78 is 5.44. The van der Waals surface area contributed by atoms with Crippen molar-refractivity contribution in [2.24, 2.45) is 5.92 Å². The van der Waals surface area contributed by atoms with Gasteiger partial charge >= 0.3 is 0 Å². The van der Waals surface area contributed by atoms with Crippen molar-refractivity contribution in [1.82, 2.24) is 15.1 Å². The molecular weight excluding hydrogens is 426 g/mol. The normalized spacial score (nSPS) is 19.5. The highest BCUT2D eigenvalue weighted by Crippen LogP contribution is 2.20. The van der Waals surface area contributed by atoms with E-state index >= 15 is 0 Å². The van der Waals surface area contributed by atoms with Crippen LogP contribution >= 0.6 is 11.6 Å². The van der Waals surface area contributed by atoms with Crippen molar-refractivity contribution in [2.45, 2.75) is 25.9 Å². The van der Waals surface area contributed by atoms with E-state index < -0.39 is 0 Å². The first-order valence-corrected chi connectivity index (χ1v) is 11.7. The van der Waals surface area contributed by atoms with Crippen LogP contribution in [0.5, 0.6) is 0 Å². The van der Waals surface area contributed by atoms with Gasteiger partial charge in [0.2, 0.25) is 5.91 Å². The van der Waals surface area contributed by atoms with Gasteiger partial charge in [0, 0.05) is 49.9 Å². The molecule has 0 aliphatic carbocycles. The number of carbonyl (C=O) groups is 2. The van der Waals surface area contributed by atoms with Gasteiger partial charge in [0.1, 0.15) is 0 Å². The minimum Gasteiger partial charge on any atom is -0.379 e. The molecule has 2 aliphatic heterocycles. The number of morpholine rings is 1. The topological polar surface area (TPSA) is 61.9 Å². The summed E-state index contributed by atoms with van der Waals surface area (Å²) in [7, 11) is 0. The van der Waals surface area contributed by atoms with Crippen LogP contribution in [0.1, 0.15) is 34.3 Å². The summed E-state index contributed by atoms with van der Waals surface area (Å²) in [5, 5.41) is 3.72. The number of rotatable bonds is 6. The quantitative estimate of drug-likeness (QED) is 0.725. The summed E-state index contributed by atoms with van der Waals surface area (Å²) in [6.07, 6.45) is 1.62.